The molecule has 1 saturated carbocycles. The minimum absolute atomic E-state index is 0.590. The van der Waals surface area contributed by atoms with Crippen molar-refractivity contribution in [1.82, 2.24) is 29.9 Å². The van der Waals surface area contributed by atoms with Crippen LogP contribution in [0.5, 0.6) is 0 Å². The van der Waals surface area contributed by atoms with Crippen LogP contribution in [-0.2, 0) is 0 Å². The zero-order valence-electron chi connectivity index (χ0n) is 17.4. The van der Waals surface area contributed by atoms with Crippen molar-refractivity contribution in [2.45, 2.75) is 32.1 Å². The molecule has 8 nitrogen and oxygen atoms in total. The number of hydrogen-bond acceptors (Lipinski definition) is 7. The molecule has 4 heterocycles. The van der Waals surface area contributed by atoms with Crippen LogP contribution < -0.4 is 10.2 Å². The summed E-state index contributed by atoms with van der Waals surface area (Å²) in [6.45, 7) is 3.06. The second kappa shape index (κ2) is 9.18. The van der Waals surface area contributed by atoms with Gasteiger partial charge in [-0.1, -0.05) is 16.8 Å². The van der Waals surface area contributed by atoms with Crippen LogP contribution in [0.1, 0.15) is 32.1 Å². The Morgan fingerprint density at radius 1 is 1.03 bits per heavy atom. The van der Waals surface area contributed by atoms with E-state index in [-0.39, 0.29) is 0 Å². The zero-order chi connectivity index (χ0) is 21.0. The van der Waals surface area contributed by atoms with E-state index in [0.717, 1.165) is 54.8 Å². The maximum atomic E-state index is 5.89. The largest absolute Gasteiger partial charge is 0.370 e. The van der Waals surface area contributed by atoms with Crippen LogP contribution in [0, 0.1) is 17.8 Å². The highest BCUT2D eigenvalue weighted by molar-refractivity contribution is 6.30. The third-order valence-corrected chi connectivity index (χ3v) is 6.66. The van der Waals surface area contributed by atoms with Crippen molar-refractivity contribution in [2.24, 2.45) is 17.8 Å². The molecule has 1 saturated heterocycles. The first-order chi connectivity index (χ1) is 15.2. The fourth-order valence-corrected chi connectivity index (χ4v) is 4.67. The fourth-order valence-electron chi connectivity index (χ4n) is 4.58. The van der Waals surface area contributed by atoms with Crippen LogP contribution in [0.2, 0.25) is 5.02 Å². The summed E-state index contributed by atoms with van der Waals surface area (Å²) in [6.07, 6.45) is 15.1. The van der Waals surface area contributed by atoms with Crippen molar-refractivity contribution < 1.29 is 0 Å². The fraction of sp³-hybridized carbons (Fsp3) is 0.500. The van der Waals surface area contributed by atoms with Crippen LogP contribution in [0.4, 0.5) is 11.8 Å². The van der Waals surface area contributed by atoms with Gasteiger partial charge in [-0.3, -0.25) is 0 Å². The molecule has 0 spiro atoms. The van der Waals surface area contributed by atoms with Crippen molar-refractivity contribution in [3.8, 4) is 5.69 Å². The molecule has 1 unspecified atom stereocenters. The van der Waals surface area contributed by atoms with E-state index in [4.69, 9.17) is 11.6 Å². The van der Waals surface area contributed by atoms with Crippen molar-refractivity contribution in [1.29, 1.82) is 0 Å². The molecule has 31 heavy (non-hydrogen) atoms. The summed E-state index contributed by atoms with van der Waals surface area (Å²) >= 11 is 5.89. The molecule has 1 aliphatic heterocycles. The number of nitrogens with one attached hydrogen (secondary N) is 1. The molecule has 3 aromatic rings. The molecule has 1 aliphatic carbocycles. The number of anilines is 2. The Labute approximate surface area is 187 Å². The third-order valence-electron chi connectivity index (χ3n) is 6.47. The minimum atomic E-state index is 0.590. The molecule has 3 aromatic heterocycles. The van der Waals surface area contributed by atoms with Crippen molar-refractivity contribution in [3.05, 3.63) is 48.1 Å². The standard InChI is InChI=1S/C22H27ClN8/c23-19-13-26-22(27-14-19)30-8-4-16(5-9-30)11-18-12-17(18)3-6-24-21-2-1-20(15-25-21)31-10-7-28-29-31/h1-2,7,10,13-18H,3-6,8-9,11-12H2,(H,24,25)/t17-,18?/m1/s1. The van der Waals surface area contributed by atoms with Crippen LogP contribution in [-0.4, -0.2) is 49.6 Å². The van der Waals surface area contributed by atoms with Gasteiger partial charge in [0.1, 0.15) is 5.82 Å². The van der Waals surface area contributed by atoms with Gasteiger partial charge in [-0.05, 0) is 62.0 Å². The Kier molecular flexibility index (Phi) is 5.97. The number of aromatic nitrogens is 6. The predicted molar refractivity (Wildman–Crippen MR) is 120 cm³/mol. The summed E-state index contributed by atoms with van der Waals surface area (Å²) in [7, 11) is 0. The molecular weight excluding hydrogens is 412 g/mol. The highest BCUT2D eigenvalue weighted by atomic mass is 35.5. The summed E-state index contributed by atoms with van der Waals surface area (Å²) in [6, 6.07) is 4.00. The van der Waals surface area contributed by atoms with Gasteiger partial charge in [0, 0.05) is 19.6 Å². The number of pyridine rings is 1. The lowest BCUT2D eigenvalue weighted by atomic mass is 9.91. The summed E-state index contributed by atoms with van der Waals surface area (Å²) in [4.78, 5) is 15.5. The SMILES string of the molecule is Clc1cnc(N2CCC(CC3C[C@H]3CCNc3ccc(-n4ccnn4)cn3)CC2)nc1. The second-order valence-corrected chi connectivity index (χ2v) is 9.02. The monoisotopic (exact) mass is 438 g/mol. The normalized spacial score (nSPS) is 21.3. The number of halogens is 1. The topological polar surface area (TPSA) is 84.7 Å². The van der Waals surface area contributed by atoms with E-state index >= 15 is 0 Å². The highest BCUT2D eigenvalue weighted by Crippen LogP contribution is 2.46. The summed E-state index contributed by atoms with van der Waals surface area (Å²) in [5.41, 5.74) is 0.916. The van der Waals surface area contributed by atoms with Gasteiger partial charge in [-0.2, -0.15) is 0 Å². The first-order valence-electron chi connectivity index (χ1n) is 11.0. The van der Waals surface area contributed by atoms with Gasteiger partial charge in [0.2, 0.25) is 5.95 Å². The first-order valence-corrected chi connectivity index (χ1v) is 11.4. The molecule has 2 fully saturated rings. The Bertz CT molecular complexity index is 952. The zero-order valence-corrected chi connectivity index (χ0v) is 18.2. The predicted octanol–water partition coefficient (Wildman–Crippen LogP) is 3.85. The molecule has 1 N–H and O–H groups in total. The van der Waals surface area contributed by atoms with Gasteiger partial charge in [0.25, 0.3) is 0 Å². The molecule has 5 rings (SSSR count). The van der Waals surface area contributed by atoms with Crippen molar-refractivity contribution in [2.75, 3.05) is 29.9 Å². The average Bonchev–Trinajstić information content (AvgIpc) is 3.30. The molecule has 2 aliphatic rings. The number of hydrogen-bond donors (Lipinski definition) is 1. The quantitative estimate of drug-likeness (QED) is 0.571. The summed E-state index contributed by atoms with van der Waals surface area (Å²) in [5, 5.41) is 11.8. The van der Waals surface area contributed by atoms with Gasteiger partial charge in [0.15, 0.2) is 0 Å². The van der Waals surface area contributed by atoms with Crippen LogP contribution in [0.25, 0.3) is 5.69 Å². The Morgan fingerprint density at radius 2 is 1.87 bits per heavy atom. The second-order valence-electron chi connectivity index (χ2n) is 8.59. The molecule has 0 aromatic carbocycles. The van der Waals surface area contributed by atoms with E-state index in [1.807, 2.05) is 24.5 Å². The van der Waals surface area contributed by atoms with Gasteiger partial charge >= 0.3 is 0 Å². The Balaban J connectivity index is 0.997. The van der Waals surface area contributed by atoms with E-state index < -0.39 is 0 Å². The van der Waals surface area contributed by atoms with E-state index in [1.165, 1.54) is 32.1 Å². The van der Waals surface area contributed by atoms with Gasteiger partial charge in [-0.25, -0.2) is 19.6 Å². The molecule has 162 valence electrons. The highest BCUT2D eigenvalue weighted by Gasteiger charge is 2.38. The van der Waals surface area contributed by atoms with Crippen molar-refractivity contribution in [3.63, 3.8) is 0 Å². The molecule has 0 bridgehead atoms. The average molecular weight is 439 g/mol. The Morgan fingerprint density at radius 3 is 2.58 bits per heavy atom. The van der Waals surface area contributed by atoms with E-state index in [1.54, 1.807) is 23.3 Å². The lowest BCUT2D eigenvalue weighted by Gasteiger charge is -2.32. The number of piperidine rings is 1. The summed E-state index contributed by atoms with van der Waals surface area (Å²) < 4.78 is 1.71. The molecule has 0 amide bonds. The van der Waals surface area contributed by atoms with E-state index in [2.05, 4.69) is 35.5 Å². The summed E-state index contributed by atoms with van der Waals surface area (Å²) in [5.74, 6) is 4.31. The van der Waals surface area contributed by atoms with E-state index in [0.29, 0.717) is 5.02 Å². The van der Waals surface area contributed by atoms with Crippen LogP contribution >= 0.6 is 11.6 Å². The van der Waals surface area contributed by atoms with Crippen LogP contribution in [0.15, 0.2) is 43.1 Å². The molecule has 2 atom stereocenters. The van der Waals surface area contributed by atoms with Gasteiger partial charge in [-0.15, -0.1) is 5.10 Å². The number of nitrogens with zero attached hydrogens (tertiary/aromatic N) is 7. The van der Waals surface area contributed by atoms with Crippen LogP contribution in [0.3, 0.4) is 0 Å². The van der Waals surface area contributed by atoms with Crippen molar-refractivity contribution >= 4 is 23.4 Å². The molecule has 9 heteroatoms. The van der Waals surface area contributed by atoms with E-state index in [9.17, 15) is 0 Å². The maximum Gasteiger partial charge on any atom is 0.225 e. The van der Waals surface area contributed by atoms with Gasteiger partial charge in [0.05, 0.1) is 41.7 Å². The van der Waals surface area contributed by atoms with Gasteiger partial charge < -0.3 is 10.2 Å². The first kappa shape index (κ1) is 20.2. The number of rotatable bonds is 8. The molecule has 0 radical (unpaired) electrons. The lowest BCUT2D eigenvalue weighted by Crippen LogP contribution is -2.35. The molecular formula is C22H27ClN8. The smallest absolute Gasteiger partial charge is 0.225 e. The minimum Gasteiger partial charge on any atom is -0.370 e. The lowest BCUT2D eigenvalue weighted by molar-refractivity contribution is 0.354. The maximum absolute atomic E-state index is 5.89. The Hall–Kier alpha value is -2.74. The third kappa shape index (κ3) is 5.12.